The first-order chi connectivity index (χ1) is 11.2. The van der Waals surface area contributed by atoms with Gasteiger partial charge < -0.3 is 9.80 Å². The van der Waals surface area contributed by atoms with Crippen molar-refractivity contribution in [2.45, 2.75) is 59.4 Å². The molecule has 1 aromatic heterocycles. The van der Waals surface area contributed by atoms with E-state index in [1.165, 1.54) is 12.8 Å². The second-order valence-electron chi connectivity index (χ2n) is 5.54. The van der Waals surface area contributed by atoms with Gasteiger partial charge >= 0.3 is 0 Å². The molecular formula is C18H30ClN3O. The minimum atomic E-state index is 0.190. The third-order valence-electron chi connectivity index (χ3n) is 4.06. The van der Waals surface area contributed by atoms with Gasteiger partial charge in [-0.05, 0) is 38.1 Å². The lowest BCUT2D eigenvalue weighted by Gasteiger charge is -2.30. The molecule has 0 saturated carbocycles. The van der Waals surface area contributed by atoms with Gasteiger partial charge in [0, 0.05) is 13.0 Å². The predicted molar refractivity (Wildman–Crippen MR) is 98.1 cm³/mol. The third kappa shape index (κ3) is 5.78. The monoisotopic (exact) mass is 339 g/mol. The number of hydrogen-bond donors (Lipinski definition) is 0. The predicted octanol–water partition coefficient (Wildman–Crippen LogP) is 4.38. The maximum atomic E-state index is 12.2. The topological polar surface area (TPSA) is 36.4 Å². The van der Waals surface area contributed by atoms with Crippen LogP contribution in [0.15, 0.2) is 18.3 Å². The highest BCUT2D eigenvalue weighted by molar-refractivity contribution is 6.29. The Bertz CT molecular complexity index is 464. The van der Waals surface area contributed by atoms with Crippen LogP contribution in [0.5, 0.6) is 0 Å². The number of unbranched alkanes of at least 4 members (excludes halogenated alkanes) is 1. The van der Waals surface area contributed by atoms with Gasteiger partial charge in [0.15, 0.2) is 0 Å². The van der Waals surface area contributed by atoms with E-state index < -0.39 is 0 Å². The molecule has 0 aromatic carbocycles. The summed E-state index contributed by atoms with van der Waals surface area (Å²) in [6.07, 6.45) is 5.64. The molecule has 0 N–H and O–H groups in total. The highest BCUT2D eigenvalue weighted by Crippen LogP contribution is 2.27. The van der Waals surface area contributed by atoms with Crippen LogP contribution in [0.4, 0.5) is 5.69 Å². The Morgan fingerprint density at radius 3 is 2.65 bits per heavy atom. The van der Waals surface area contributed by atoms with Gasteiger partial charge in [0.1, 0.15) is 5.15 Å². The van der Waals surface area contributed by atoms with Gasteiger partial charge in [-0.15, -0.1) is 0 Å². The second-order valence-corrected chi connectivity index (χ2v) is 5.93. The van der Waals surface area contributed by atoms with Gasteiger partial charge in [0.05, 0.1) is 17.9 Å². The number of nitrogens with zero attached hydrogens (tertiary/aromatic N) is 3. The van der Waals surface area contributed by atoms with Crippen LogP contribution in [-0.2, 0) is 4.79 Å². The summed E-state index contributed by atoms with van der Waals surface area (Å²) < 4.78 is 0. The molecule has 1 aromatic rings. The first-order valence-corrected chi connectivity index (χ1v) is 9.19. The Balaban J connectivity index is 0.00000127. The lowest BCUT2D eigenvalue weighted by atomic mass is 10.2. The summed E-state index contributed by atoms with van der Waals surface area (Å²) in [5.41, 5.74) is 0.860. The molecule has 23 heavy (non-hydrogen) atoms. The Hall–Kier alpha value is -1.13. The molecule has 5 heteroatoms. The summed E-state index contributed by atoms with van der Waals surface area (Å²) in [4.78, 5) is 20.6. The van der Waals surface area contributed by atoms with Crippen LogP contribution in [0.3, 0.4) is 0 Å². The summed E-state index contributed by atoms with van der Waals surface area (Å²) in [5, 5.41) is 0.458. The van der Waals surface area contributed by atoms with E-state index in [0.29, 0.717) is 11.6 Å². The molecule has 1 unspecified atom stereocenters. The average molecular weight is 340 g/mol. The van der Waals surface area contributed by atoms with E-state index in [4.69, 9.17) is 11.6 Å². The van der Waals surface area contributed by atoms with E-state index in [1.54, 1.807) is 12.3 Å². The molecule has 1 aliphatic heterocycles. The number of rotatable bonds is 7. The van der Waals surface area contributed by atoms with Crippen molar-refractivity contribution in [2.75, 3.05) is 24.5 Å². The summed E-state index contributed by atoms with van der Waals surface area (Å²) in [7, 11) is 0. The number of halogens is 1. The van der Waals surface area contributed by atoms with Crippen molar-refractivity contribution in [1.29, 1.82) is 0 Å². The molecule has 0 aliphatic carbocycles. The lowest BCUT2D eigenvalue weighted by molar-refractivity contribution is -0.117. The number of carbonyl (C=O) groups excluding carboxylic acids is 1. The number of anilines is 1. The minimum absolute atomic E-state index is 0.190. The first-order valence-electron chi connectivity index (χ1n) is 8.81. The van der Waals surface area contributed by atoms with E-state index in [2.05, 4.69) is 23.7 Å². The Morgan fingerprint density at radius 1 is 1.35 bits per heavy atom. The molecule has 130 valence electrons. The maximum Gasteiger partial charge on any atom is 0.227 e. The fraction of sp³-hybridized carbons (Fsp3) is 0.667. The third-order valence-corrected chi connectivity index (χ3v) is 4.28. The zero-order chi connectivity index (χ0) is 17.2. The number of hydrogen-bond acceptors (Lipinski definition) is 3. The zero-order valence-corrected chi connectivity index (χ0v) is 15.6. The largest absolute Gasteiger partial charge is 0.307 e. The van der Waals surface area contributed by atoms with Crippen LogP contribution in [-0.4, -0.2) is 41.5 Å². The van der Waals surface area contributed by atoms with Gasteiger partial charge in [-0.3, -0.25) is 4.79 Å². The van der Waals surface area contributed by atoms with Crippen LogP contribution in [0, 0.1) is 0 Å². The van der Waals surface area contributed by atoms with Crippen LogP contribution in [0.2, 0.25) is 5.15 Å². The average Bonchev–Trinajstić information content (AvgIpc) is 2.94. The van der Waals surface area contributed by atoms with Crippen molar-refractivity contribution >= 4 is 23.2 Å². The highest BCUT2D eigenvalue weighted by Gasteiger charge is 2.33. The van der Waals surface area contributed by atoms with Gasteiger partial charge in [-0.25, -0.2) is 4.98 Å². The highest BCUT2D eigenvalue weighted by atomic mass is 35.5. The van der Waals surface area contributed by atoms with Crippen LogP contribution < -0.4 is 4.90 Å². The molecule has 1 atom stereocenters. The van der Waals surface area contributed by atoms with E-state index in [9.17, 15) is 4.79 Å². The standard InChI is InChI=1S/C16H24ClN3O.C2H6/c1-3-5-10-19(4-2)12-14-7-9-16(21)20(14)13-6-8-15(17)18-11-13;1-2/h6,8,11,14H,3-5,7,9-10,12H2,1-2H3;1-2H3. The number of amides is 1. The second kappa shape index (κ2) is 10.6. The summed E-state index contributed by atoms with van der Waals surface area (Å²) in [5.74, 6) is 0.190. The normalized spacial score (nSPS) is 17.4. The molecule has 1 saturated heterocycles. The first kappa shape index (κ1) is 19.9. The molecule has 2 heterocycles. The molecule has 2 rings (SSSR count). The maximum absolute atomic E-state index is 12.2. The molecule has 1 aliphatic rings. The number of carbonyl (C=O) groups is 1. The van der Waals surface area contributed by atoms with Crippen LogP contribution in [0.25, 0.3) is 0 Å². The van der Waals surface area contributed by atoms with Crippen LogP contribution >= 0.6 is 11.6 Å². The van der Waals surface area contributed by atoms with E-state index >= 15 is 0 Å². The fourth-order valence-electron chi connectivity index (χ4n) is 2.84. The summed E-state index contributed by atoms with van der Waals surface area (Å²) in [6.45, 7) is 11.5. The molecule has 1 amide bonds. The lowest BCUT2D eigenvalue weighted by Crippen LogP contribution is -2.42. The fourth-order valence-corrected chi connectivity index (χ4v) is 2.95. The quantitative estimate of drug-likeness (QED) is 0.692. The molecule has 0 bridgehead atoms. The van der Waals surface area contributed by atoms with Crippen molar-refractivity contribution in [2.24, 2.45) is 0 Å². The molecular weight excluding hydrogens is 310 g/mol. The molecule has 1 fully saturated rings. The number of aromatic nitrogens is 1. The van der Waals surface area contributed by atoms with E-state index in [1.807, 2.05) is 24.8 Å². The Morgan fingerprint density at radius 2 is 2.09 bits per heavy atom. The molecule has 4 nitrogen and oxygen atoms in total. The smallest absolute Gasteiger partial charge is 0.227 e. The van der Waals surface area contributed by atoms with Crippen molar-refractivity contribution < 1.29 is 4.79 Å². The van der Waals surface area contributed by atoms with Crippen molar-refractivity contribution in [3.63, 3.8) is 0 Å². The number of pyridine rings is 1. The van der Waals surface area contributed by atoms with Crippen molar-refractivity contribution in [1.82, 2.24) is 9.88 Å². The Kier molecular flexibility index (Phi) is 9.19. The molecule has 0 radical (unpaired) electrons. The van der Waals surface area contributed by atoms with Gasteiger partial charge in [0.2, 0.25) is 5.91 Å². The van der Waals surface area contributed by atoms with E-state index in [0.717, 1.165) is 31.7 Å². The van der Waals surface area contributed by atoms with Gasteiger partial charge in [-0.1, -0.05) is 45.7 Å². The van der Waals surface area contributed by atoms with Gasteiger partial charge in [-0.2, -0.15) is 0 Å². The zero-order valence-electron chi connectivity index (χ0n) is 14.9. The summed E-state index contributed by atoms with van der Waals surface area (Å²) in [6, 6.07) is 3.87. The summed E-state index contributed by atoms with van der Waals surface area (Å²) >= 11 is 5.83. The molecule has 0 spiro atoms. The SMILES string of the molecule is CC.CCCCN(CC)CC1CCC(=O)N1c1ccc(Cl)nc1. The number of likely N-dealkylation sites (N-methyl/N-ethyl adjacent to an activating group) is 1. The van der Waals surface area contributed by atoms with Gasteiger partial charge in [0.25, 0.3) is 0 Å². The van der Waals surface area contributed by atoms with E-state index in [-0.39, 0.29) is 11.9 Å². The van der Waals surface area contributed by atoms with Crippen LogP contribution in [0.1, 0.15) is 53.4 Å². The van der Waals surface area contributed by atoms with Crippen molar-refractivity contribution in [3.05, 3.63) is 23.5 Å². The minimum Gasteiger partial charge on any atom is -0.307 e. The Labute approximate surface area is 145 Å². The van der Waals surface area contributed by atoms with Crippen molar-refractivity contribution in [3.8, 4) is 0 Å².